The summed E-state index contributed by atoms with van der Waals surface area (Å²) in [6, 6.07) is 6.27. The van der Waals surface area contributed by atoms with Gasteiger partial charge < -0.3 is 4.74 Å². The zero-order valence-corrected chi connectivity index (χ0v) is 16.3. The molecule has 0 aliphatic carbocycles. The Hall–Kier alpha value is -1.91. The molecule has 0 bridgehead atoms. The summed E-state index contributed by atoms with van der Waals surface area (Å²) in [4.78, 5) is 2.18. The Morgan fingerprint density at radius 3 is 2.88 bits per heavy atom. The molecule has 2 aromatic rings. The van der Waals surface area contributed by atoms with E-state index < -0.39 is 0 Å². The van der Waals surface area contributed by atoms with Crippen molar-refractivity contribution in [2.75, 3.05) is 26.7 Å². The van der Waals surface area contributed by atoms with Crippen molar-refractivity contribution in [2.24, 2.45) is 0 Å². The van der Waals surface area contributed by atoms with Crippen molar-refractivity contribution in [3.05, 3.63) is 60.3 Å². The predicted molar refractivity (Wildman–Crippen MR) is 110 cm³/mol. The summed E-state index contributed by atoms with van der Waals surface area (Å²) < 4.78 is 11.6. The fourth-order valence-electron chi connectivity index (χ4n) is 2.50. The van der Waals surface area contributed by atoms with Crippen LogP contribution in [0.2, 0.25) is 0 Å². The van der Waals surface area contributed by atoms with Crippen molar-refractivity contribution in [1.29, 1.82) is 0 Å². The van der Waals surface area contributed by atoms with Crippen LogP contribution in [-0.4, -0.2) is 36.0 Å². The standard InChI is InChI=1S/C21H28N2OS/c1-5-13-23(4)14-6-7-15-24-18-11-12-19-20(10-8-9-17(2)3)22-25-21(19)16-18/h5-7,9,11-12,16H,1,8,10,13-15H2,2-4H3/b7-6+. The molecule has 0 radical (unpaired) electrons. The van der Waals surface area contributed by atoms with Gasteiger partial charge in [0.2, 0.25) is 0 Å². The number of hydrogen-bond acceptors (Lipinski definition) is 4. The van der Waals surface area contributed by atoms with Gasteiger partial charge in [-0.15, -0.1) is 6.58 Å². The molecule has 0 N–H and O–H groups in total. The van der Waals surface area contributed by atoms with Gasteiger partial charge in [-0.25, -0.2) is 0 Å². The third-order valence-electron chi connectivity index (χ3n) is 3.82. The molecular formula is C21H28N2OS. The summed E-state index contributed by atoms with van der Waals surface area (Å²) in [5.41, 5.74) is 2.55. The van der Waals surface area contributed by atoms with Crippen LogP contribution in [0.4, 0.5) is 0 Å². The Bertz CT molecular complexity index is 741. The largest absolute Gasteiger partial charge is 0.489 e. The molecule has 0 saturated heterocycles. The normalized spacial score (nSPS) is 11.4. The molecule has 4 heteroatoms. The molecule has 1 heterocycles. The number of ether oxygens (including phenoxy) is 1. The van der Waals surface area contributed by atoms with Crippen molar-refractivity contribution in [2.45, 2.75) is 26.7 Å². The molecule has 1 aromatic carbocycles. The van der Waals surface area contributed by atoms with Gasteiger partial charge in [0.25, 0.3) is 0 Å². The monoisotopic (exact) mass is 356 g/mol. The van der Waals surface area contributed by atoms with Gasteiger partial charge in [0.15, 0.2) is 0 Å². The number of nitrogens with zero attached hydrogens (tertiary/aromatic N) is 2. The molecule has 0 unspecified atom stereocenters. The zero-order valence-electron chi connectivity index (χ0n) is 15.5. The minimum atomic E-state index is 0.583. The minimum absolute atomic E-state index is 0.583. The van der Waals surface area contributed by atoms with Gasteiger partial charge in [0.05, 0.1) is 10.4 Å². The minimum Gasteiger partial charge on any atom is -0.489 e. The maximum atomic E-state index is 5.82. The molecule has 3 nitrogen and oxygen atoms in total. The first-order valence-electron chi connectivity index (χ1n) is 8.69. The fourth-order valence-corrected chi connectivity index (χ4v) is 3.35. The Labute approximate surface area is 155 Å². The van der Waals surface area contributed by atoms with Crippen LogP contribution in [0.25, 0.3) is 10.1 Å². The van der Waals surface area contributed by atoms with Crippen molar-refractivity contribution in [1.82, 2.24) is 9.27 Å². The summed E-state index contributed by atoms with van der Waals surface area (Å²) in [5.74, 6) is 0.899. The molecule has 0 aliphatic rings. The molecule has 25 heavy (non-hydrogen) atoms. The smallest absolute Gasteiger partial charge is 0.121 e. The maximum Gasteiger partial charge on any atom is 0.121 e. The van der Waals surface area contributed by atoms with E-state index in [-0.39, 0.29) is 0 Å². The van der Waals surface area contributed by atoms with E-state index in [1.165, 1.54) is 21.4 Å². The first-order valence-corrected chi connectivity index (χ1v) is 9.46. The van der Waals surface area contributed by atoms with E-state index in [0.29, 0.717) is 6.61 Å². The SMILES string of the molecule is C=CCN(C)C/C=C/COc1ccc2c(CCC=C(C)C)nsc2c1. The second-order valence-corrected chi connectivity index (χ2v) is 7.20. The van der Waals surface area contributed by atoms with Gasteiger partial charge in [-0.05, 0) is 63.5 Å². The number of allylic oxidation sites excluding steroid dienone is 2. The van der Waals surface area contributed by atoms with E-state index in [0.717, 1.165) is 31.7 Å². The topological polar surface area (TPSA) is 25.4 Å². The Kier molecular flexibility index (Phi) is 7.89. The number of rotatable bonds is 10. The van der Waals surface area contributed by atoms with E-state index in [9.17, 15) is 0 Å². The van der Waals surface area contributed by atoms with Crippen LogP contribution in [-0.2, 0) is 6.42 Å². The molecule has 0 atom stereocenters. The highest BCUT2D eigenvalue weighted by atomic mass is 32.1. The van der Waals surface area contributed by atoms with E-state index in [2.05, 4.69) is 67.1 Å². The Balaban J connectivity index is 1.88. The molecule has 0 spiro atoms. The van der Waals surface area contributed by atoms with Crippen LogP contribution < -0.4 is 4.74 Å². The lowest BCUT2D eigenvalue weighted by atomic mass is 10.1. The van der Waals surface area contributed by atoms with Gasteiger partial charge in [0, 0.05) is 18.5 Å². The third-order valence-corrected chi connectivity index (χ3v) is 4.67. The third kappa shape index (κ3) is 6.48. The molecule has 134 valence electrons. The molecular weight excluding hydrogens is 328 g/mol. The van der Waals surface area contributed by atoms with Gasteiger partial charge in [-0.2, -0.15) is 4.37 Å². The number of aromatic nitrogens is 1. The highest BCUT2D eigenvalue weighted by molar-refractivity contribution is 7.13. The zero-order chi connectivity index (χ0) is 18.1. The van der Waals surface area contributed by atoms with Crippen LogP contribution in [0.3, 0.4) is 0 Å². The predicted octanol–water partition coefficient (Wildman–Crippen LogP) is 5.25. The van der Waals surface area contributed by atoms with E-state index in [1.54, 1.807) is 11.5 Å². The van der Waals surface area contributed by atoms with Crippen LogP contribution in [0.5, 0.6) is 5.75 Å². The molecule has 0 saturated carbocycles. The lowest BCUT2D eigenvalue weighted by Crippen LogP contribution is -2.17. The van der Waals surface area contributed by atoms with Crippen LogP contribution in [0.15, 0.2) is 54.7 Å². The lowest BCUT2D eigenvalue weighted by Gasteiger charge is -2.10. The highest BCUT2D eigenvalue weighted by Crippen LogP contribution is 2.28. The highest BCUT2D eigenvalue weighted by Gasteiger charge is 2.06. The second-order valence-electron chi connectivity index (χ2n) is 6.40. The number of hydrogen-bond donors (Lipinski definition) is 0. The number of likely N-dealkylation sites (N-methyl/N-ethyl adjacent to an activating group) is 1. The van der Waals surface area contributed by atoms with Crippen LogP contribution in [0, 0.1) is 0 Å². The molecule has 2 rings (SSSR count). The molecule has 0 amide bonds. The van der Waals surface area contributed by atoms with Crippen molar-refractivity contribution in [3.63, 3.8) is 0 Å². The molecule has 1 aromatic heterocycles. The summed E-state index contributed by atoms with van der Waals surface area (Å²) in [7, 11) is 2.07. The Morgan fingerprint density at radius 2 is 2.12 bits per heavy atom. The Morgan fingerprint density at radius 1 is 1.28 bits per heavy atom. The van der Waals surface area contributed by atoms with Gasteiger partial charge in [-0.3, -0.25) is 4.90 Å². The average molecular weight is 357 g/mol. The first-order chi connectivity index (χ1) is 12.1. The maximum absolute atomic E-state index is 5.82. The van der Waals surface area contributed by atoms with Crippen molar-refractivity contribution >= 4 is 21.6 Å². The van der Waals surface area contributed by atoms with E-state index in [1.807, 2.05) is 12.1 Å². The molecule has 0 aliphatic heterocycles. The first kappa shape index (κ1) is 19.4. The second kappa shape index (κ2) is 10.2. The number of aryl methyl sites for hydroxylation is 1. The van der Waals surface area contributed by atoms with Crippen LogP contribution in [0.1, 0.15) is 26.0 Å². The van der Waals surface area contributed by atoms with Gasteiger partial charge in [0.1, 0.15) is 12.4 Å². The summed E-state index contributed by atoms with van der Waals surface area (Å²) in [6.07, 6.45) is 10.4. The van der Waals surface area contributed by atoms with Gasteiger partial charge >= 0.3 is 0 Å². The summed E-state index contributed by atoms with van der Waals surface area (Å²) in [6.45, 7) is 10.4. The van der Waals surface area contributed by atoms with E-state index in [4.69, 9.17) is 4.74 Å². The van der Waals surface area contributed by atoms with Crippen molar-refractivity contribution in [3.8, 4) is 5.75 Å². The molecule has 0 fully saturated rings. The summed E-state index contributed by atoms with van der Waals surface area (Å²) >= 11 is 1.56. The fraction of sp³-hybridized carbons (Fsp3) is 0.381. The van der Waals surface area contributed by atoms with Gasteiger partial charge in [-0.1, -0.05) is 29.9 Å². The average Bonchev–Trinajstić information content (AvgIpc) is 2.97. The number of benzene rings is 1. The van der Waals surface area contributed by atoms with E-state index >= 15 is 0 Å². The van der Waals surface area contributed by atoms with Crippen LogP contribution >= 0.6 is 11.5 Å². The quantitative estimate of drug-likeness (QED) is 0.544. The van der Waals surface area contributed by atoms with Crippen molar-refractivity contribution < 1.29 is 4.74 Å². The summed E-state index contributed by atoms with van der Waals surface area (Å²) in [5, 5.41) is 1.25. The lowest BCUT2D eigenvalue weighted by molar-refractivity contribution is 0.361. The number of fused-ring (bicyclic) bond motifs is 1.